The van der Waals surface area contributed by atoms with Crippen molar-refractivity contribution in [1.29, 1.82) is 0 Å². The van der Waals surface area contributed by atoms with Gasteiger partial charge in [0, 0.05) is 5.54 Å². The van der Waals surface area contributed by atoms with Gasteiger partial charge in [0.2, 0.25) is 0 Å². The second kappa shape index (κ2) is 4.22. The Morgan fingerprint density at radius 1 is 1.14 bits per heavy atom. The van der Waals surface area contributed by atoms with Gasteiger partial charge in [0.1, 0.15) is 0 Å². The molecule has 2 rings (SSSR count). The second-order valence-corrected chi connectivity index (χ2v) is 5.82. The molecule has 2 aliphatic rings. The molecule has 0 heterocycles. The molecule has 0 spiro atoms. The fraction of sp³-hybridized carbons (Fsp3) is 1.00. The van der Waals surface area contributed by atoms with E-state index in [1.807, 2.05) is 0 Å². The lowest BCUT2D eigenvalue weighted by atomic mass is 9.76. The Bertz CT molecular complexity index is 184. The van der Waals surface area contributed by atoms with E-state index in [1.165, 1.54) is 51.5 Å². The van der Waals surface area contributed by atoms with Gasteiger partial charge in [-0.3, -0.25) is 0 Å². The summed E-state index contributed by atoms with van der Waals surface area (Å²) in [5.74, 6) is 1.92. The van der Waals surface area contributed by atoms with Crippen LogP contribution in [0.4, 0.5) is 0 Å². The van der Waals surface area contributed by atoms with Crippen molar-refractivity contribution in [2.45, 2.75) is 64.3 Å². The molecule has 2 saturated carbocycles. The van der Waals surface area contributed by atoms with Crippen LogP contribution < -0.4 is 5.32 Å². The first-order valence-electron chi connectivity index (χ1n) is 6.45. The largest absolute Gasteiger partial charge is 0.311 e. The molecule has 0 aromatic carbocycles. The molecule has 82 valence electrons. The maximum absolute atomic E-state index is 3.80. The van der Waals surface area contributed by atoms with E-state index in [0.29, 0.717) is 5.54 Å². The van der Waals surface area contributed by atoms with Crippen molar-refractivity contribution in [3.8, 4) is 0 Å². The van der Waals surface area contributed by atoms with Crippen LogP contribution in [-0.4, -0.2) is 12.1 Å². The highest BCUT2D eigenvalue weighted by atomic mass is 15.0. The molecule has 0 radical (unpaired) electrons. The number of hydrogen-bond donors (Lipinski definition) is 1. The summed E-state index contributed by atoms with van der Waals surface area (Å²) in [6.45, 7) is 6.11. The van der Waals surface area contributed by atoms with E-state index in [9.17, 15) is 0 Å². The van der Waals surface area contributed by atoms with Crippen molar-refractivity contribution < 1.29 is 0 Å². The summed E-state index contributed by atoms with van der Waals surface area (Å²) in [5, 5.41) is 3.80. The molecule has 1 nitrogen and oxygen atoms in total. The summed E-state index contributed by atoms with van der Waals surface area (Å²) >= 11 is 0. The highest BCUT2D eigenvalue weighted by molar-refractivity contribution is 4.92. The number of hydrogen-bond acceptors (Lipinski definition) is 1. The zero-order valence-electron chi connectivity index (χ0n) is 9.81. The normalized spacial score (nSPS) is 36.4. The van der Waals surface area contributed by atoms with Gasteiger partial charge in [-0.2, -0.15) is 0 Å². The van der Waals surface area contributed by atoms with E-state index in [0.717, 1.165) is 11.8 Å². The predicted octanol–water partition coefficient (Wildman–Crippen LogP) is 3.34. The molecular formula is C13H25N. The summed E-state index contributed by atoms with van der Waals surface area (Å²) in [4.78, 5) is 0. The number of nitrogens with one attached hydrogen (secondary N) is 1. The minimum atomic E-state index is 0.511. The van der Waals surface area contributed by atoms with E-state index in [-0.39, 0.29) is 0 Å². The second-order valence-electron chi connectivity index (χ2n) is 5.82. The van der Waals surface area contributed by atoms with Gasteiger partial charge in [-0.15, -0.1) is 0 Å². The van der Waals surface area contributed by atoms with E-state index in [4.69, 9.17) is 0 Å². The Kier molecular flexibility index (Phi) is 3.16. The quantitative estimate of drug-likeness (QED) is 0.728. The van der Waals surface area contributed by atoms with Crippen molar-refractivity contribution >= 4 is 0 Å². The van der Waals surface area contributed by atoms with Crippen molar-refractivity contribution in [3.63, 3.8) is 0 Å². The third-order valence-electron chi connectivity index (χ3n) is 4.54. The molecule has 1 N–H and O–H groups in total. The standard InChI is InChI=1S/C13H25N/c1-11-6-3-4-7-12(11)10-14-13(2)8-5-9-13/h11-12,14H,3-10H2,1-2H3. The van der Waals surface area contributed by atoms with Crippen LogP contribution in [0.25, 0.3) is 0 Å². The molecule has 2 unspecified atom stereocenters. The monoisotopic (exact) mass is 195 g/mol. The van der Waals surface area contributed by atoms with E-state index in [1.54, 1.807) is 0 Å². The zero-order chi connectivity index (χ0) is 10.0. The van der Waals surface area contributed by atoms with Crippen LogP contribution in [0.1, 0.15) is 58.8 Å². The van der Waals surface area contributed by atoms with Gasteiger partial charge in [-0.1, -0.05) is 26.2 Å². The van der Waals surface area contributed by atoms with Gasteiger partial charge in [-0.05, 0) is 51.0 Å². The average Bonchev–Trinajstić information content (AvgIpc) is 2.14. The molecule has 0 bridgehead atoms. The van der Waals surface area contributed by atoms with Gasteiger partial charge in [0.15, 0.2) is 0 Å². The van der Waals surface area contributed by atoms with Crippen LogP contribution in [0, 0.1) is 11.8 Å². The lowest BCUT2D eigenvalue weighted by Gasteiger charge is -2.41. The fourth-order valence-corrected chi connectivity index (χ4v) is 2.96. The molecule has 2 aliphatic carbocycles. The van der Waals surface area contributed by atoms with Crippen LogP contribution >= 0.6 is 0 Å². The summed E-state index contributed by atoms with van der Waals surface area (Å²) in [6, 6.07) is 0. The lowest BCUT2D eigenvalue weighted by Crippen LogP contribution is -2.50. The van der Waals surface area contributed by atoms with Crippen LogP contribution in [0.3, 0.4) is 0 Å². The molecule has 0 amide bonds. The van der Waals surface area contributed by atoms with Crippen molar-refractivity contribution in [1.82, 2.24) is 5.32 Å². The Morgan fingerprint density at radius 3 is 2.43 bits per heavy atom. The highest BCUT2D eigenvalue weighted by Crippen LogP contribution is 2.33. The van der Waals surface area contributed by atoms with Crippen molar-refractivity contribution in [2.24, 2.45) is 11.8 Å². The Labute approximate surface area is 88.7 Å². The Morgan fingerprint density at radius 2 is 1.86 bits per heavy atom. The van der Waals surface area contributed by atoms with Gasteiger partial charge in [0.05, 0.1) is 0 Å². The first kappa shape index (κ1) is 10.5. The third kappa shape index (κ3) is 2.31. The average molecular weight is 195 g/mol. The molecule has 2 atom stereocenters. The molecule has 0 aromatic rings. The van der Waals surface area contributed by atoms with Gasteiger partial charge >= 0.3 is 0 Å². The third-order valence-corrected chi connectivity index (χ3v) is 4.54. The SMILES string of the molecule is CC1CCCCC1CNC1(C)CCC1. The van der Waals surface area contributed by atoms with Crippen LogP contribution in [-0.2, 0) is 0 Å². The van der Waals surface area contributed by atoms with Gasteiger partial charge < -0.3 is 5.32 Å². The molecular weight excluding hydrogens is 170 g/mol. The molecule has 14 heavy (non-hydrogen) atoms. The Hall–Kier alpha value is -0.0400. The smallest absolute Gasteiger partial charge is 0.0153 e. The maximum atomic E-state index is 3.80. The van der Waals surface area contributed by atoms with E-state index in [2.05, 4.69) is 19.2 Å². The van der Waals surface area contributed by atoms with Crippen LogP contribution in [0.15, 0.2) is 0 Å². The minimum Gasteiger partial charge on any atom is -0.311 e. The maximum Gasteiger partial charge on any atom is 0.0153 e. The van der Waals surface area contributed by atoms with Crippen LogP contribution in [0.5, 0.6) is 0 Å². The Balaban J connectivity index is 1.73. The summed E-state index contributed by atoms with van der Waals surface area (Å²) in [6.07, 6.45) is 10.1. The summed E-state index contributed by atoms with van der Waals surface area (Å²) < 4.78 is 0. The molecule has 2 fully saturated rings. The number of rotatable bonds is 3. The van der Waals surface area contributed by atoms with Crippen molar-refractivity contribution in [2.75, 3.05) is 6.54 Å². The summed E-state index contributed by atoms with van der Waals surface area (Å²) in [5.41, 5.74) is 0.511. The molecule has 0 aromatic heterocycles. The first-order chi connectivity index (χ1) is 6.70. The fourth-order valence-electron chi connectivity index (χ4n) is 2.96. The molecule has 0 saturated heterocycles. The van der Waals surface area contributed by atoms with Gasteiger partial charge in [0.25, 0.3) is 0 Å². The first-order valence-corrected chi connectivity index (χ1v) is 6.45. The minimum absolute atomic E-state index is 0.511. The highest BCUT2D eigenvalue weighted by Gasteiger charge is 2.32. The summed E-state index contributed by atoms with van der Waals surface area (Å²) in [7, 11) is 0. The van der Waals surface area contributed by atoms with Crippen LogP contribution in [0.2, 0.25) is 0 Å². The van der Waals surface area contributed by atoms with Gasteiger partial charge in [-0.25, -0.2) is 0 Å². The predicted molar refractivity (Wildman–Crippen MR) is 61.4 cm³/mol. The molecule has 1 heteroatoms. The lowest BCUT2D eigenvalue weighted by molar-refractivity contribution is 0.167. The molecule has 0 aliphatic heterocycles. The van der Waals surface area contributed by atoms with E-state index < -0.39 is 0 Å². The van der Waals surface area contributed by atoms with Crippen molar-refractivity contribution in [3.05, 3.63) is 0 Å². The van der Waals surface area contributed by atoms with E-state index >= 15 is 0 Å². The zero-order valence-corrected chi connectivity index (χ0v) is 9.81. The topological polar surface area (TPSA) is 12.0 Å².